The van der Waals surface area contributed by atoms with Gasteiger partial charge in [0.1, 0.15) is 11.1 Å². The number of carbonyl (C=O) groups is 1. The van der Waals surface area contributed by atoms with Crippen molar-refractivity contribution < 1.29 is 9.90 Å². The quantitative estimate of drug-likeness (QED) is 0.412. The molecule has 0 radical (unpaired) electrons. The Bertz CT molecular complexity index is 310. The van der Waals surface area contributed by atoms with Crippen molar-refractivity contribution in [2.24, 2.45) is 0 Å². The number of thiol groups is 1. The monoisotopic (exact) mass is 262 g/mol. The number of carboxylic acids is 1. The SMILES string of the molecule is O=C(O)[C@H](CS)NSSc1ccccn1. The van der Waals surface area contributed by atoms with Crippen LogP contribution in [0.5, 0.6) is 0 Å². The molecule has 0 fully saturated rings. The first-order valence-corrected chi connectivity index (χ1v) is 6.86. The van der Waals surface area contributed by atoms with E-state index in [0.29, 0.717) is 0 Å². The van der Waals surface area contributed by atoms with Crippen LogP contribution in [0.2, 0.25) is 0 Å². The van der Waals surface area contributed by atoms with E-state index in [1.165, 1.54) is 21.8 Å². The third-order valence-electron chi connectivity index (χ3n) is 1.44. The maximum Gasteiger partial charge on any atom is 0.322 e. The normalized spacial score (nSPS) is 12.3. The van der Waals surface area contributed by atoms with Crippen molar-refractivity contribution in [2.75, 3.05) is 5.75 Å². The summed E-state index contributed by atoms with van der Waals surface area (Å²) in [6, 6.07) is 4.92. The van der Waals surface area contributed by atoms with Gasteiger partial charge in [0, 0.05) is 11.9 Å². The molecule has 0 saturated heterocycles. The van der Waals surface area contributed by atoms with Crippen molar-refractivity contribution in [3.05, 3.63) is 24.4 Å². The molecule has 2 N–H and O–H groups in total. The largest absolute Gasteiger partial charge is 0.480 e. The fourth-order valence-electron chi connectivity index (χ4n) is 0.687. The van der Waals surface area contributed by atoms with Crippen molar-refractivity contribution in [1.82, 2.24) is 9.71 Å². The number of hydrogen-bond donors (Lipinski definition) is 3. The highest BCUT2D eigenvalue weighted by Crippen LogP contribution is 2.26. The van der Waals surface area contributed by atoms with Crippen molar-refractivity contribution in [3.63, 3.8) is 0 Å². The summed E-state index contributed by atoms with van der Waals surface area (Å²) in [4.78, 5) is 14.7. The molecule has 0 bridgehead atoms. The molecule has 1 rings (SSSR count). The minimum atomic E-state index is -0.904. The summed E-state index contributed by atoms with van der Waals surface area (Å²) in [5, 5.41) is 9.55. The Morgan fingerprint density at radius 3 is 3.00 bits per heavy atom. The van der Waals surface area contributed by atoms with Gasteiger partial charge in [-0.25, -0.2) is 9.71 Å². The predicted octanol–water partition coefficient (Wildman–Crippen LogP) is 1.71. The summed E-state index contributed by atoms with van der Waals surface area (Å²) in [6.45, 7) is 0. The van der Waals surface area contributed by atoms with E-state index >= 15 is 0 Å². The summed E-state index contributed by atoms with van der Waals surface area (Å²) in [6.07, 6.45) is 1.69. The molecule has 4 nitrogen and oxygen atoms in total. The fraction of sp³-hybridized carbons (Fsp3) is 0.250. The lowest BCUT2D eigenvalue weighted by molar-refractivity contribution is -0.138. The molecule has 0 aliphatic carbocycles. The molecule has 0 aliphatic heterocycles. The fourth-order valence-corrected chi connectivity index (χ4v) is 2.77. The lowest BCUT2D eigenvalue weighted by Gasteiger charge is -2.09. The van der Waals surface area contributed by atoms with Gasteiger partial charge in [0.05, 0.1) is 0 Å². The van der Waals surface area contributed by atoms with Crippen LogP contribution in [0.25, 0.3) is 0 Å². The van der Waals surface area contributed by atoms with Gasteiger partial charge in [0.15, 0.2) is 0 Å². The van der Waals surface area contributed by atoms with E-state index in [9.17, 15) is 4.79 Å². The topological polar surface area (TPSA) is 62.2 Å². The molecule has 1 atom stereocenters. The third-order valence-corrected chi connectivity index (χ3v) is 3.73. The zero-order valence-corrected chi connectivity index (χ0v) is 10.2. The maximum atomic E-state index is 10.6. The molecule has 0 saturated carbocycles. The van der Waals surface area contributed by atoms with Gasteiger partial charge in [-0.15, -0.1) is 0 Å². The summed E-state index contributed by atoms with van der Waals surface area (Å²) < 4.78 is 2.78. The summed E-state index contributed by atoms with van der Waals surface area (Å²) in [5.74, 6) is -0.649. The van der Waals surface area contributed by atoms with E-state index in [2.05, 4.69) is 22.3 Å². The first-order chi connectivity index (χ1) is 7.24. The van der Waals surface area contributed by atoms with E-state index in [-0.39, 0.29) is 5.75 Å². The third kappa shape index (κ3) is 4.78. The van der Waals surface area contributed by atoms with E-state index in [1.807, 2.05) is 18.2 Å². The molecule has 0 unspecified atom stereocenters. The highest BCUT2D eigenvalue weighted by Gasteiger charge is 2.14. The highest BCUT2D eigenvalue weighted by atomic mass is 33.1. The molecule has 1 heterocycles. The van der Waals surface area contributed by atoms with E-state index in [4.69, 9.17) is 5.11 Å². The van der Waals surface area contributed by atoms with Crippen LogP contribution < -0.4 is 4.72 Å². The van der Waals surface area contributed by atoms with Gasteiger partial charge < -0.3 is 5.11 Å². The number of aliphatic carboxylic acids is 1. The van der Waals surface area contributed by atoms with E-state index < -0.39 is 12.0 Å². The minimum Gasteiger partial charge on any atom is -0.480 e. The van der Waals surface area contributed by atoms with Crippen LogP contribution in [0.1, 0.15) is 0 Å². The number of nitrogens with one attached hydrogen (secondary N) is 1. The molecule has 1 aromatic rings. The number of nitrogens with zero attached hydrogens (tertiary/aromatic N) is 1. The second-order valence-corrected chi connectivity index (χ2v) is 4.88. The Morgan fingerprint density at radius 2 is 2.47 bits per heavy atom. The lowest BCUT2D eigenvalue weighted by atomic mass is 10.4. The van der Waals surface area contributed by atoms with Crippen LogP contribution in [0.3, 0.4) is 0 Å². The molecule has 82 valence electrons. The highest BCUT2D eigenvalue weighted by molar-refractivity contribution is 8.76. The Hall–Kier alpha value is -0.370. The standard InChI is InChI=1S/C8H10N2O2S3/c11-8(12)6(5-13)10-15-14-7-3-1-2-4-9-7/h1-4,6,10,13H,5H2,(H,11,12)/t6-/m0/s1. The van der Waals surface area contributed by atoms with Gasteiger partial charge in [-0.3, -0.25) is 4.79 Å². The molecule has 15 heavy (non-hydrogen) atoms. The summed E-state index contributed by atoms with van der Waals surface area (Å²) in [5.41, 5.74) is 0. The van der Waals surface area contributed by atoms with Crippen LogP contribution in [-0.4, -0.2) is 27.9 Å². The average molecular weight is 262 g/mol. The smallest absolute Gasteiger partial charge is 0.322 e. The van der Waals surface area contributed by atoms with Crippen LogP contribution in [-0.2, 0) is 4.79 Å². The number of carboxylic acid groups (broad SMARTS) is 1. The molecule has 0 aliphatic rings. The summed E-state index contributed by atoms with van der Waals surface area (Å²) >= 11 is 3.93. The minimum absolute atomic E-state index is 0.255. The number of hydrogen-bond acceptors (Lipinski definition) is 6. The molecule has 1 aromatic heterocycles. The molecule has 0 aromatic carbocycles. The summed E-state index contributed by atoms with van der Waals surface area (Å²) in [7, 11) is 2.62. The van der Waals surface area contributed by atoms with Gasteiger partial charge in [0.2, 0.25) is 0 Å². The van der Waals surface area contributed by atoms with Crippen LogP contribution >= 0.6 is 34.4 Å². The zero-order valence-electron chi connectivity index (χ0n) is 7.66. The zero-order chi connectivity index (χ0) is 11.1. The number of aromatic nitrogens is 1. The van der Waals surface area contributed by atoms with Crippen LogP contribution in [0, 0.1) is 0 Å². The van der Waals surface area contributed by atoms with Gasteiger partial charge in [0.25, 0.3) is 0 Å². The Kier molecular flexibility index (Phi) is 5.92. The molecular formula is C8H10N2O2S3. The van der Waals surface area contributed by atoms with Crippen LogP contribution in [0.4, 0.5) is 0 Å². The first-order valence-electron chi connectivity index (χ1n) is 4.07. The van der Waals surface area contributed by atoms with Crippen molar-refractivity contribution >= 4 is 40.4 Å². The Labute approximate surface area is 101 Å². The molecular weight excluding hydrogens is 252 g/mol. The molecule has 0 spiro atoms. The average Bonchev–Trinajstić information content (AvgIpc) is 2.25. The van der Waals surface area contributed by atoms with Gasteiger partial charge in [-0.2, -0.15) is 12.6 Å². The maximum absolute atomic E-state index is 10.6. The van der Waals surface area contributed by atoms with Gasteiger partial charge >= 0.3 is 5.97 Å². The second kappa shape index (κ2) is 7.00. The van der Waals surface area contributed by atoms with Crippen molar-refractivity contribution in [2.45, 2.75) is 11.1 Å². The van der Waals surface area contributed by atoms with E-state index in [1.54, 1.807) is 6.20 Å². The van der Waals surface area contributed by atoms with Gasteiger partial charge in [-0.1, -0.05) is 6.07 Å². The van der Waals surface area contributed by atoms with Crippen molar-refractivity contribution in [3.8, 4) is 0 Å². The number of rotatable bonds is 6. The molecule has 0 amide bonds. The van der Waals surface area contributed by atoms with E-state index in [0.717, 1.165) is 5.03 Å². The lowest BCUT2D eigenvalue weighted by Crippen LogP contribution is -2.33. The van der Waals surface area contributed by atoms with Crippen molar-refractivity contribution in [1.29, 1.82) is 0 Å². The second-order valence-electron chi connectivity index (χ2n) is 2.53. The van der Waals surface area contributed by atoms with Crippen LogP contribution in [0.15, 0.2) is 29.4 Å². The molecule has 7 heteroatoms. The Balaban J connectivity index is 2.30. The Morgan fingerprint density at radius 1 is 1.67 bits per heavy atom. The number of pyridine rings is 1. The van der Waals surface area contributed by atoms with Gasteiger partial charge in [-0.05, 0) is 33.9 Å². The predicted molar refractivity (Wildman–Crippen MR) is 66.1 cm³/mol. The first kappa shape index (κ1) is 12.7.